The predicted molar refractivity (Wildman–Crippen MR) is 105 cm³/mol. The number of fused-ring (bicyclic) bond motifs is 1. The number of likely N-dealkylation sites (N-methyl/N-ethyl adjacent to an activating group) is 1. The minimum absolute atomic E-state index is 0.0283. The number of nitrogens with zero attached hydrogens (tertiary/aromatic N) is 1. The fraction of sp³-hybridized carbons (Fsp3) is 0.286. The van der Waals surface area contributed by atoms with Crippen molar-refractivity contribution in [3.63, 3.8) is 0 Å². The van der Waals surface area contributed by atoms with Crippen molar-refractivity contribution in [2.75, 3.05) is 11.9 Å². The van der Waals surface area contributed by atoms with E-state index in [0.29, 0.717) is 17.8 Å². The van der Waals surface area contributed by atoms with Crippen molar-refractivity contribution in [1.82, 2.24) is 5.32 Å². The molecule has 2 aromatic carbocycles. The lowest BCUT2D eigenvalue weighted by molar-refractivity contribution is -0.137. The van der Waals surface area contributed by atoms with E-state index in [4.69, 9.17) is 10.5 Å². The highest BCUT2D eigenvalue weighted by molar-refractivity contribution is 6.38. The first-order chi connectivity index (χ1) is 13.8. The number of alkyl halides is 1. The third-order valence-electron chi connectivity index (χ3n) is 5.04. The van der Waals surface area contributed by atoms with Gasteiger partial charge >= 0.3 is 6.36 Å². The number of nitrogens with two attached hydrogens (primary N) is 1. The van der Waals surface area contributed by atoms with E-state index >= 15 is 0 Å². The van der Waals surface area contributed by atoms with Crippen molar-refractivity contribution in [2.24, 2.45) is 5.73 Å². The number of hydrogen-bond donors (Lipinski definition) is 2. The molecule has 8 heteroatoms. The highest BCUT2D eigenvalue weighted by atomic mass is 19.1. The van der Waals surface area contributed by atoms with Crippen molar-refractivity contribution in [3.8, 4) is 5.75 Å². The Kier molecular flexibility index (Phi) is 5.81. The van der Waals surface area contributed by atoms with E-state index in [-0.39, 0.29) is 5.75 Å². The van der Waals surface area contributed by atoms with E-state index in [1.807, 2.05) is 35.2 Å². The third-order valence-corrected chi connectivity index (χ3v) is 5.04. The number of ketones is 1. The van der Waals surface area contributed by atoms with Gasteiger partial charge in [0, 0.05) is 30.9 Å². The van der Waals surface area contributed by atoms with Crippen LogP contribution in [0.25, 0.3) is 0 Å². The molecule has 3 unspecified atom stereocenters. The first kappa shape index (κ1) is 20.3. The zero-order valence-electron chi connectivity index (χ0n) is 16.1. The fourth-order valence-corrected chi connectivity index (χ4v) is 3.63. The summed E-state index contributed by atoms with van der Waals surface area (Å²) in [6, 6.07) is 14.0. The van der Waals surface area contributed by atoms with Gasteiger partial charge in [-0.15, -0.1) is 0 Å². The van der Waals surface area contributed by atoms with Crippen LogP contribution < -0.4 is 20.7 Å². The summed E-state index contributed by atoms with van der Waals surface area (Å²) in [5.41, 5.74) is 7.25. The summed E-state index contributed by atoms with van der Waals surface area (Å²) >= 11 is 0. The molecule has 0 aliphatic carbocycles. The monoisotopic (exact) mass is 399 g/mol. The summed E-state index contributed by atoms with van der Waals surface area (Å²) in [4.78, 5) is 37.8. The lowest BCUT2D eigenvalue weighted by atomic mass is 9.90. The smallest absolute Gasteiger partial charge is 0.316 e. The van der Waals surface area contributed by atoms with Gasteiger partial charge in [-0.05, 0) is 24.6 Å². The van der Waals surface area contributed by atoms with E-state index in [2.05, 4.69) is 5.32 Å². The first-order valence-corrected chi connectivity index (χ1v) is 9.14. The van der Waals surface area contributed by atoms with Gasteiger partial charge in [0.05, 0.1) is 5.92 Å². The van der Waals surface area contributed by atoms with Crippen LogP contribution in [0.2, 0.25) is 0 Å². The number of carbonyl (C=O) groups is 3. The average molecular weight is 399 g/mol. The second-order valence-corrected chi connectivity index (χ2v) is 6.80. The number of hydrogen-bond acceptors (Lipinski definition) is 5. The van der Waals surface area contributed by atoms with Crippen molar-refractivity contribution in [3.05, 3.63) is 59.7 Å². The molecule has 3 rings (SSSR count). The van der Waals surface area contributed by atoms with Gasteiger partial charge in [-0.3, -0.25) is 14.4 Å². The van der Waals surface area contributed by atoms with E-state index in [0.717, 1.165) is 5.56 Å². The molecule has 7 nitrogen and oxygen atoms in total. The topological polar surface area (TPSA) is 102 Å². The number of ether oxygens (including phenoxy) is 1. The molecule has 0 aromatic heterocycles. The number of carbonyl (C=O) groups excluding carboxylic acids is 3. The van der Waals surface area contributed by atoms with Crippen LogP contribution in [0.1, 0.15) is 24.0 Å². The van der Waals surface area contributed by atoms with Gasteiger partial charge in [0.15, 0.2) is 0 Å². The number of halogens is 1. The number of Topliss-reactive ketones (excluding diaryl/α,β-unsaturated/α-hetero) is 1. The molecular weight excluding hydrogens is 377 g/mol. The van der Waals surface area contributed by atoms with Crippen LogP contribution in [0.4, 0.5) is 10.1 Å². The summed E-state index contributed by atoms with van der Waals surface area (Å²) in [6.07, 6.45) is -2.26. The first-order valence-electron chi connectivity index (χ1n) is 9.14. The average Bonchev–Trinajstić information content (AvgIpc) is 3.00. The maximum Gasteiger partial charge on any atom is 0.316 e. The molecule has 0 bridgehead atoms. The molecule has 1 heterocycles. The number of amides is 2. The van der Waals surface area contributed by atoms with Crippen molar-refractivity contribution in [2.45, 2.75) is 31.8 Å². The van der Waals surface area contributed by atoms with Gasteiger partial charge < -0.3 is 20.7 Å². The molecule has 1 aliphatic heterocycles. The maximum absolute atomic E-state index is 14.2. The normalized spacial score (nSPS) is 18.7. The zero-order valence-corrected chi connectivity index (χ0v) is 16.1. The quantitative estimate of drug-likeness (QED) is 0.690. The molecule has 152 valence electrons. The second kappa shape index (κ2) is 8.30. The van der Waals surface area contributed by atoms with E-state index < -0.39 is 35.9 Å². The van der Waals surface area contributed by atoms with Gasteiger partial charge in [0.1, 0.15) is 5.75 Å². The molecule has 0 saturated carbocycles. The summed E-state index contributed by atoms with van der Waals surface area (Å²) in [6.45, 7) is 2.26. The molecule has 3 atom stereocenters. The second-order valence-electron chi connectivity index (χ2n) is 6.80. The number of benzene rings is 2. The van der Waals surface area contributed by atoms with Crippen LogP contribution in [0.3, 0.4) is 0 Å². The van der Waals surface area contributed by atoms with Crippen LogP contribution >= 0.6 is 0 Å². The van der Waals surface area contributed by atoms with Gasteiger partial charge in [-0.2, -0.15) is 4.39 Å². The number of nitrogens with one attached hydrogen (secondary N) is 1. The Morgan fingerprint density at radius 3 is 2.48 bits per heavy atom. The van der Waals surface area contributed by atoms with Crippen molar-refractivity contribution in [1.29, 1.82) is 0 Å². The maximum atomic E-state index is 14.2. The van der Waals surface area contributed by atoms with Gasteiger partial charge in [0.25, 0.3) is 11.8 Å². The van der Waals surface area contributed by atoms with Crippen LogP contribution in [0.5, 0.6) is 5.75 Å². The lowest BCUT2D eigenvalue weighted by Gasteiger charge is -2.26. The van der Waals surface area contributed by atoms with E-state index in [1.165, 1.54) is 13.1 Å². The predicted octanol–water partition coefficient (Wildman–Crippen LogP) is 1.65. The number of anilines is 1. The number of rotatable bonds is 7. The lowest BCUT2D eigenvalue weighted by Crippen LogP contribution is -2.38. The van der Waals surface area contributed by atoms with Gasteiger partial charge in [0.2, 0.25) is 5.78 Å². The fourth-order valence-electron chi connectivity index (χ4n) is 3.63. The highest BCUT2D eigenvalue weighted by Gasteiger charge is 2.44. The highest BCUT2D eigenvalue weighted by Crippen LogP contribution is 2.47. The molecule has 2 aromatic rings. The molecule has 0 fully saturated rings. The summed E-state index contributed by atoms with van der Waals surface area (Å²) in [5.74, 6) is -3.72. The summed E-state index contributed by atoms with van der Waals surface area (Å²) < 4.78 is 19.4. The molecular formula is C21H22FN3O4. The summed E-state index contributed by atoms with van der Waals surface area (Å²) in [5, 5.41) is 2.16. The minimum Gasteiger partial charge on any atom is -0.451 e. The third kappa shape index (κ3) is 3.91. The molecule has 1 aliphatic rings. The van der Waals surface area contributed by atoms with Crippen LogP contribution in [-0.2, 0) is 20.9 Å². The van der Waals surface area contributed by atoms with Crippen LogP contribution in [0, 0.1) is 0 Å². The molecule has 3 N–H and O–H groups in total. The largest absolute Gasteiger partial charge is 0.451 e. The zero-order chi connectivity index (χ0) is 21.1. The minimum atomic E-state index is -2.26. The van der Waals surface area contributed by atoms with Gasteiger partial charge in [-0.25, -0.2) is 0 Å². The Hall–Kier alpha value is -3.42. The summed E-state index contributed by atoms with van der Waals surface area (Å²) in [7, 11) is 1.29. The van der Waals surface area contributed by atoms with Crippen molar-refractivity contribution < 1.29 is 23.5 Å². The molecule has 0 radical (unpaired) electrons. The molecule has 29 heavy (non-hydrogen) atoms. The molecule has 2 amide bonds. The van der Waals surface area contributed by atoms with Gasteiger partial charge in [-0.1, -0.05) is 36.4 Å². The molecule has 0 spiro atoms. The Balaban J connectivity index is 2.05. The van der Waals surface area contributed by atoms with Crippen LogP contribution in [0.15, 0.2) is 48.5 Å². The van der Waals surface area contributed by atoms with E-state index in [9.17, 15) is 18.8 Å². The van der Waals surface area contributed by atoms with Crippen LogP contribution in [-0.4, -0.2) is 37.0 Å². The Morgan fingerprint density at radius 1 is 1.17 bits per heavy atom. The van der Waals surface area contributed by atoms with E-state index in [1.54, 1.807) is 19.1 Å². The SMILES string of the molecule is CNC(=O)C(F)Oc1cccc2c1C(C(=O)C(N)=O)C(C)N2Cc1ccccc1. The van der Waals surface area contributed by atoms with Crippen molar-refractivity contribution >= 4 is 23.3 Å². The Morgan fingerprint density at radius 2 is 1.86 bits per heavy atom. The standard InChI is InChI=1S/C21H22FN3O4/c1-12-16(18(26)20(23)27)17-14(25(12)11-13-7-4-3-5-8-13)9-6-10-15(17)29-19(22)21(28)24-2/h3-10,12,16,19H,11H2,1-2H3,(H2,23,27)(H,24,28). The number of primary amides is 1. The molecule has 0 saturated heterocycles. The Bertz CT molecular complexity index is 935. The Labute approximate surface area is 167 Å².